The first-order valence-electron chi connectivity index (χ1n) is 5.98. The van der Waals surface area contributed by atoms with Crippen LogP contribution in [-0.2, 0) is 9.47 Å². The van der Waals surface area contributed by atoms with Gasteiger partial charge >= 0.3 is 6.09 Å². The molecule has 1 heterocycles. The molecule has 5 heteroatoms. The Kier molecular flexibility index (Phi) is 6.92. The van der Waals surface area contributed by atoms with Crippen molar-refractivity contribution in [3.05, 3.63) is 0 Å². The Labute approximate surface area is 96.9 Å². The van der Waals surface area contributed by atoms with E-state index < -0.39 is 0 Å². The molecule has 1 aliphatic heterocycles. The SMILES string of the molecule is CCCOC(=O)NCCCC1COCC[N]1. The predicted molar refractivity (Wildman–Crippen MR) is 60.5 cm³/mol. The van der Waals surface area contributed by atoms with Crippen LogP contribution in [0.3, 0.4) is 0 Å². The Hall–Kier alpha value is -0.810. The molecule has 5 nitrogen and oxygen atoms in total. The topological polar surface area (TPSA) is 61.7 Å². The quantitative estimate of drug-likeness (QED) is 0.688. The number of amides is 1. The van der Waals surface area contributed by atoms with Gasteiger partial charge in [-0.3, -0.25) is 0 Å². The van der Waals surface area contributed by atoms with E-state index in [9.17, 15) is 4.79 Å². The van der Waals surface area contributed by atoms with E-state index in [1.807, 2.05) is 6.92 Å². The summed E-state index contributed by atoms with van der Waals surface area (Å²) in [5.74, 6) is 0. The van der Waals surface area contributed by atoms with E-state index in [1.165, 1.54) is 0 Å². The highest BCUT2D eigenvalue weighted by molar-refractivity contribution is 5.66. The van der Waals surface area contributed by atoms with Crippen molar-refractivity contribution >= 4 is 6.09 Å². The molecule has 1 fully saturated rings. The van der Waals surface area contributed by atoms with E-state index in [-0.39, 0.29) is 6.09 Å². The minimum atomic E-state index is -0.321. The molecule has 0 aromatic rings. The molecule has 93 valence electrons. The molecule has 0 spiro atoms. The molecule has 1 N–H and O–H groups in total. The molecule has 0 aromatic carbocycles. The number of nitrogens with zero attached hydrogens (tertiary/aromatic N) is 1. The number of ether oxygens (including phenoxy) is 2. The molecular weight excluding hydrogens is 208 g/mol. The lowest BCUT2D eigenvalue weighted by molar-refractivity contribution is 0.0711. The van der Waals surface area contributed by atoms with Gasteiger partial charge in [0, 0.05) is 19.1 Å². The number of carbonyl (C=O) groups is 1. The van der Waals surface area contributed by atoms with E-state index in [0.717, 1.165) is 39.0 Å². The fraction of sp³-hybridized carbons (Fsp3) is 0.909. The third-order valence-corrected chi connectivity index (χ3v) is 2.35. The lowest BCUT2D eigenvalue weighted by Gasteiger charge is -2.21. The first kappa shape index (κ1) is 13.3. The molecule has 1 atom stereocenters. The minimum absolute atomic E-state index is 0.308. The van der Waals surface area contributed by atoms with E-state index >= 15 is 0 Å². The number of morpholine rings is 1. The second-order valence-electron chi connectivity index (χ2n) is 3.84. The lowest BCUT2D eigenvalue weighted by Crippen LogP contribution is -2.36. The van der Waals surface area contributed by atoms with Gasteiger partial charge in [-0.1, -0.05) is 6.92 Å². The van der Waals surface area contributed by atoms with Crippen molar-refractivity contribution < 1.29 is 14.3 Å². The smallest absolute Gasteiger partial charge is 0.407 e. The van der Waals surface area contributed by atoms with Gasteiger partial charge in [0.15, 0.2) is 0 Å². The summed E-state index contributed by atoms with van der Waals surface area (Å²) in [6, 6.07) is 0.308. The van der Waals surface area contributed by atoms with Gasteiger partial charge in [0.2, 0.25) is 0 Å². The zero-order valence-electron chi connectivity index (χ0n) is 9.91. The van der Waals surface area contributed by atoms with Crippen molar-refractivity contribution in [2.75, 3.05) is 32.9 Å². The number of hydrogen-bond acceptors (Lipinski definition) is 3. The number of hydrogen-bond donors (Lipinski definition) is 1. The van der Waals surface area contributed by atoms with Gasteiger partial charge in [0.05, 0.1) is 19.8 Å². The van der Waals surface area contributed by atoms with Crippen molar-refractivity contribution in [2.45, 2.75) is 32.2 Å². The molecule has 1 unspecified atom stereocenters. The Morgan fingerprint density at radius 2 is 2.50 bits per heavy atom. The maximum Gasteiger partial charge on any atom is 0.407 e. The van der Waals surface area contributed by atoms with Crippen LogP contribution < -0.4 is 10.6 Å². The summed E-state index contributed by atoms with van der Waals surface area (Å²) in [6.07, 6.45) is 2.41. The van der Waals surface area contributed by atoms with Gasteiger partial charge in [-0.25, -0.2) is 10.1 Å². The van der Waals surface area contributed by atoms with Gasteiger partial charge in [0.1, 0.15) is 0 Å². The van der Waals surface area contributed by atoms with E-state index in [4.69, 9.17) is 9.47 Å². The highest BCUT2D eigenvalue weighted by Crippen LogP contribution is 2.02. The van der Waals surface area contributed by atoms with Crippen LogP contribution >= 0.6 is 0 Å². The fourth-order valence-corrected chi connectivity index (χ4v) is 1.52. The number of rotatable bonds is 6. The Bertz CT molecular complexity index is 194. The van der Waals surface area contributed by atoms with Crippen LogP contribution in [-0.4, -0.2) is 45.0 Å². The second-order valence-corrected chi connectivity index (χ2v) is 3.84. The summed E-state index contributed by atoms with van der Waals surface area (Å²) < 4.78 is 10.2. The maximum absolute atomic E-state index is 11.1. The molecule has 0 bridgehead atoms. The van der Waals surface area contributed by atoms with Crippen LogP contribution in [0.15, 0.2) is 0 Å². The summed E-state index contributed by atoms with van der Waals surface area (Å²) >= 11 is 0. The number of carbonyl (C=O) groups excluding carboxylic acids is 1. The number of nitrogens with one attached hydrogen (secondary N) is 1. The van der Waals surface area contributed by atoms with E-state index in [0.29, 0.717) is 19.2 Å². The molecular formula is C11H21N2O3. The van der Waals surface area contributed by atoms with Gasteiger partial charge in [-0.2, -0.15) is 0 Å². The van der Waals surface area contributed by atoms with Crippen molar-refractivity contribution in [1.29, 1.82) is 0 Å². The molecule has 1 saturated heterocycles. The zero-order valence-corrected chi connectivity index (χ0v) is 9.91. The normalized spacial score (nSPS) is 20.4. The number of alkyl carbamates (subject to hydrolysis) is 1. The minimum Gasteiger partial charge on any atom is -0.450 e. The summed E-state index contributed by atoms with van der Waals surface area (Å²) in [5, 5.41) is 7.14. The van der Waals surface area contributed by atoms with Crippen LogP contribution in [0, 0.1) is 0 Å². The molecule has 0 aliphatic carbocycles. The van der Waals surface area contributed by atoms with Gasteiger partial charge in [-0.15, -0.1) is 0 Å². The maximum atomic E-state index is 11.1. The first-order chi connectivity index (χ1) is 7.83. The average Bonchev–Trinajstić information content (AvgIpc) is 2.33. The van der Waals surface area contributed by atoms with Crippen molar-refractivity contribution in [3.63, 3.8) is 0 Å². The Balaban J connectivity index is 1.92. The van der Waals surface area contributed by atoms with Gasteiger partial charge < -0.3 is 14.8 Å². The Morgan fingerprint density at radius 3 is 3.19 bits per heavy atom. The third kappa shape index (κ3) is 5.92. The summed E-state index contributed by atoms with van der Waals surface area (Å²) in [6.45, 7) is 5.37. The second kappa shape index (κ2) is 8.35. The largest absolute Gasteiger partial charge is 0.450 e. The van der Waals surface area contributed by atoms with E-state index in [2.05, 4.69) is 10.6 Å². The van der Waals surface area contributed by atoms with Crippen LogP contribution in [0.5, 0.6) is 0 Å². The van der Waals surface area contributed by atoms with Crippen LogP contribution in [0.1, 0.15) is 26.2 Å². The highest BCUT2D eigenvalue weighted by Gasteiger charge is 2.13. The fourth-order valence-electron chi connectivity index (χ4n) is 1.52. The molecule has 0 aromatic heterocycles. The monoisotopic (exact) mass is 229 g/mol. The molecule has 1 radical (unpaired) electrons. The average molecular weight is 229 g/mol. The molecule has 16 heavy (non-hydrogen) atoms. The van der Waals surface area contributed by atoms with E-state index in [1.54, 1.807) is 0 Å². The first-order valence-corrected chi connectivity index (χ1v) is 5.98. The highest BCUT2D eigenvalue weighted by atomic mass is 16.5. The summed E-state index contributed by atoms with van der Waals surface area (Å²) in [7, 11) is 0. The van der Waals surface area contributed by atoms with Gasteiger partial charge in [-0.05, 0) is 19.3 Å². The molecule has 1 aliphatic rings. The molecule has 1 rings (SSSR count). The summed E-state index contributed by atoms with van der Waals surface area (Å²) in [4.78, 5) is 11.1. The van der Waals surface area contributed by atoms with Crippen LogP contribution in [0.2, 0.25) is 0 Å². The van der Waals surface area contributed by atoms with Crippen molar-refractivity contribution in [3.8, 4) is 0 Å². The summed E-state index contributed by atoms with van der Waals surface area (Å²) in [5.41, 5.74) is 0. The zero-order chi connectivity index (χ0) is 11.6. The van der Waals surface area contributed by atoms with Crippen molar-refractivity contribution in [2.24, 2.45) is 0 Å². The van der Waals surface area contributed by atoms with Crippen LogP contribution in [0.4, 0.5) is 4.79 Å². The third-order valence-electron chi connectivity index (χ3n) is 2.35. The Morgan fingerprint density at radius 1 is 1.62 bits per heavy atom. The van der Waals surface area contributed by atoms with Crippen molar-refractivity contribution in [1.82, 2.24) is 10.6 Å². The standard InChI is InChI=1S/C11H21N2O3/c1-2-7-16-11(14)13-5-3-4-10-9-15-8-6-12-10/h10H,2-9H2,1H3,(H,13,14). The lowest BCUT2D eigenvalue weighted by atomic mass is 10.1. The van der Waals surface area contributed by atoms with Crippen LogP contribution in [0.25, 0.3) is 0 Å². The molecule has 0 saturated carbocycles. The van der Waals surface area contributed by atoms with Gasteiger partial charge in [0.25, 0.3) is 0 Å². The predicted octanol–water partition coefficient (Wildman–Crippen LogP) is 0.906. The molecule has 1 amide bonds.